The lowest BCUT2D eigenvalue weighted by molar-refractivity contribution is 0.190. The van der Waals surface area contributed by atoms with Crippen LogP contribution < -0.4 is 10.2 Å². The molecule has 0 aromatic heterocycles. The van der Waals surface area contributed by atoms with E-state index in [-0.39, 0.29) is 11.6 Å². The molecule has 4 nitrogen and oxygen atoms in total. The molecule has 4 aromatic carbocycles. The monoisotopic (exact) mass is 550 g/mol. The van der Waals surface area contributed by atoms with Crippen LogP contribution in [0.3, 0.4) is 0 Å². The van der Waals surface area contributed by atoms with Gasteiger partial charge in [0.2, 0.25) is 0 Å². The number of piperidine rings is 1. The Labute approximate surface area is 241 Å². The van der Waals surface area contributed by atoms with Gasteiger partial charge in [-0.15, -0.1) is 0 Å². The minimum absolute atomic E-state index is 0.227. The summed E-state index contributed by atoms with van der Waals surface area (Å²) in [5.74, 6) is -0.199. The van der Waals surface area contributed by atoms with Gasteiger partial charge in [0.1, 0.15) is 11.6 Å². The van der Waals surface area contributed by atoms with E-state index in [1.165, 1.54) is 30.0 Å². The molecule has 0 amide bonds. The van der Waals surface area contributed by atoms with Crippen molar-refractivity contribution in [3.05, 3.63) is 137 Å². The number of rotatable bonds is 10. The van der Waals surface area contributed by atoms with E-state index >= 15 is 0 Å². The molecule has 0 bridgehead atoms. The highest BCUT2D eigenvalue weighted by Crippen LogP contribution is 2.33. The van der Waals surface area contributed by atoms with Crippen molar-refractivity contribution >= 4 is 23.3 Å². The lowest BCUT2D eigenvalue weighted by Crippen LogP contribution is -2.37. The number of likely N-dealkylation sites (tertiary alicyclic amines) is 1. The minimum Gasteiger partial charge on any atom is -0.355 e. The van der Waals surface area contributed by atoms with Gasteiger partial charge in [-0.1, -0.05) is 49.0 Å². The molecule has 0 saturated carbocycles. The van der Waals surface area contributed by atoms with E-state index in [0.29, 0.717) is 18.2 Å². The van der Waals surface area contributed by atoms with Crippen LogP contribution in [0.2, 0.25) is 0 Å². The Morgan fingerprint density at radius 1 is 0.927 bits per heavy atom. The molecule has 1 heterocycles. The van der Waals surface area contributed by atoms with Gasteiger partial charge in [0.25, 0.3) is 0 Å². The molecule has 0 atom stereocenters. The van der Waals surface area contributed by atoms with Crippen molar-refractivity contribution in [1.29, 1.82) is 5.41 Å². The molecule has 210 valence electrons. The average Bonchev–Trinajstić information content (AvgIpc) is 2.97. The highest BCUT2D eigenvalue weighted by molar-refractivity contribution is 5.87. The van der Waals surface area contributed by atoms with Gasteiger partial charge in [-0.3, -0.25) is 4.90 Å². The number of benzene rings is 4. The summed E-state index contributed by atoms with van der Waals surface area (Å²) in [6.45, 7) is 9.90. The van der Waals surface area contributed by atoms with E-state index in [4.69, 9.17) is 5.41 Å². The smallest absolute Gasteiger partial charge is 0.125 e. The van der Waals surface area contributed by atoms with Crippen LogP contribution in [0.4, 0.5) is 25.8 Å². The van der Waals surface area contributed by atoms with Gasteiger partial charge in [0, 0.05) is 53.5 Å². The van der Waals surface area contributed by atoms with Gasteiger partial charge in [0.15, 0.2) is 0 Å². The Balaban J connectivity index is 1.24. The zero-order chi connectivity index (χ0) is 28.8. The fraction of sp³-hybridized carbons (Fsp3) is 0.229. The number of hydrogen-bond acceptors (Lipinski definition) is 4. The van der Waals surface area contributed by atoms with Gasteiger partial charge in [-0.2, -0.15) is 0 Å². The molecular weight excluding hydrogens is 514 g/mol. The third-order valence-electron chi connectivity index (χ3n) is 7.82. The van der Waals surface area contributed by atoms with E-state index in [0.717, 1.165) is 66.2 Å². The number of para-hydroxylation sites is 1. The maximum Gasteiger partial charge on any atom is 0.125 e. The molecule has 5 rings (SSSR count). The largest absolute Gasteiger partial charge is 0.355 e. The third kappa shape index (κ3) is 7.08. The van der Waals surface area contributed by atoms with Crippen LogP contribution in [0.1, 0.15) is 35.1 Å². The molecule has 6 heteroatoms. The summed E-state index contributed by atoms with van der Waals surface area (Å²) in [4.78, 5) is 4.70. The summed E-state index contributed by atoms with van der Waals surface area (Å²) in [5, 5.41) is 11.1. The van der Waals surface area contributed by atoms with Crippen LogP contribution in [-0.2, 0) is 13.1 Å². The Bertz CT molecular complexity index is 1520. The fourth-order valence-corrected chi connectivity index (χ4v) is 5.59. The summed E-state index contributed by atoms with van der Waals surface area (Å²) in [5.41, 5.74) is 7.60. The second kappa shape index (κ2) is 12.9. The SMILES string of the molecule is C=C(C1CCN(Cc2ccc(Nc3cccc(F)c3)c(C=N)c2)CC1)N(Cc1cccc(F)c1)c1ccccc1C. The highest BCUT2D eigenvalue weighted by Gasteiger charge is 2.26. The first-order chi connectivity index (χ1) is 19.9. The quantitative estimate of drug-likeness (QED) is 0.195. The van der Waals surface area contributed by atoms with Gasteiger partial charge in [0.05, 0.1) is 0 Å². The van der Waals surface area contributed by atoms with Crippen LogP contribution in [0.25, 0.3) is 0 Å². The number of nitrogens with one attached hydrogen (secondary N) is 2. The van der Waals surface area contributed by atoms with Crippen LogP contribution in [0.5, 0.6) is 0 Å². The van der Waals surface area contributed by atoms with E-state index in [2.05, 4.69) is 46.8 Å². The van der Waals surface area contributed by atoms with Crippen molar-refractivity contribution < 1.29 is 8.78 Å². The minimum atomic E-state index is -0.301. The van der Waals surface area contributed by atoms with Crippen molar-refractivity contribution in [2.24, 2.45) is 5.92 Å². The second-order valence-corrected chi connectivity index (χ2v) is 10.7. The van der Waals surface area contributed by atoms with E-state index in [9.17, 15) is 8.78 Å². The van der Waals surface area contributed by atoms with Crippen molar-refractivity contribution in [2.45, 2.75) is 32.9 Å². The van der Waals surface area contributed by atoms with Crippen molar-refractivity contribution in [2.75, 3.05) is 23.3 Å². The van der Waals surface area contributed by atoms with Gasteiger partial charge in [-0.25, -0.2) is 8.78 Å². The molecule has 2 N–H and O–H groups in total. The number of nitrogens with zero attached hydrogens (tertiary/aromatic N) is 2. The number of hydrogen-bond donors (Lipinski definition) is 2. The summed E-state index contributed by atoms with van der Waals surface area (Å²) >= 11 is 0. The van der Waals surface area contributed by atoms with Crippen molar-refractivity contribution in [1.82, 2.24) is 4.90 Å². The lowest BCUT2D eigenvalue weighted by atomic mass is 9.92. The van der Waals surface area contributed by atoms with Crippen LogP contribution in [-0.4, -0.2) is 24.2 Å². The Kier molecular flexibility index (Phi) is 8.90. The maximum atomic E-state index is 14.0. The zero-order valence-electron chi connectivity index (χ0n) is 23.4. The van der Waals surface area contributed by atoms with Gasteiger partial charge in [-0.05, 0) is 98.1 Å². The van der Waals surface area contributed by atoms with E-state index < -0.39 is 0 Å². The molecule has 1 aliphatic rings. The summed E-state index contributed by atoms with van der Waals surface area (Å²) in [6, 6.07) is 27.5. The molecule has 0 unspecified atom stereocenters. The van der Waals surface area contributed by atoms with Gasteiger partial charge >= 0.3 is 0 Å². The number of anilines is 3. The Hall–Kier alpha value is -4.29. The second-order valence-electron chi connectivity index (χ2n) is 10.7. The standard InChI is InChI=1S/C35H36F2N4/c1-25-7-3-4-12-35(25)41(24-27-8-5-9-31(36)20-27)26(2)29-15-17-40(18-16-29)23-28-13-14-34(30(19-28)22-38)39-33-11-6-10-32(37)21-33/h3-14,19-22,29,38-39H,2,15-18,23-24H2,1H3. The molecule has 0 aliphatic carbocycles. The molecule has 1 aliphatic heterocycles. The summed E-state index contributed by atoms with van der Waals surface area (Å²) in [7, 11) is 0. The Morgan fingerprint density at radius 2 is 1.66 bits per heavy atom. The third-order valence-corrected chi connectivity index (χ3v) is 7.82. The predicted molar refractivity (Wildman–Crippen MR) is 165 cm³/mol. The number of aryl methyl sites for hydroxylation is 1. The molecule has 41 heavy (non-hydrogen) atoms. The first kappa shape index (κ1) is 28.2. The number of allylic oxidation sites excluding steroid dienone is 1. The van der Waals surface area contributed by atoms with E-state index in [1.54, 1.807) is 24.3 Å². The molecule has 1 saturated heterocycles. The fourth-order valence-electron chi connectivity index (χ4n) is 5.59. The van der Waals surface area contributed by atoms with Crippen LogP contribution in [0.15, 0.2) is 103 Å². The highest BCUT2D eigenvalue weighted by atomic mass is 19.1. The Morgan fingerprint density at radius 3 is 2.37 bits per heavy atom. The van der Waals surface area contributed by atoms with Gasteiger partial charge < -0.3 is 15.6 Å². The normalized spacial score (nSPS) is 14.0. The number of halogens is 2. The zero-order valence-corrected chi connectivity index (χ0v) is 23.4. The van der Waals surface area contributed by atoms with Crippen molar-refractivity contribution in [3.63, 3.8) is 0 Å². The lowest BCUT2D eigenvalue weighted by Gasteiger charge is -2.38. The van der Waals surface area contributed by atoms with Crippen LogP contribution in [0, 0.1) is 29.9 Å². The predicted octanol–water partition coefficient (Wildman–Crippen LogP) is 8.45. The topological polar surface area (TPSA) is 42.4 Å². The van der Waals surface area contributed by atoms with Crippen LogP contribution >= 0.6 is 0 Å². The first-order valence-corrected chi connectivity index (χ1v) is 14.0. The summed E-state index contributed by atoms with van der Waals surface area (Å²) < 4.78 is 27.6. The molecular formula is C35H36F2N4. The van der Waals surface area contributed by atoms with Crippen molar-refractivity contribution in [3.8, 4) is 0 Å². The molecule has 4 aromatic rings. The maximum absolute atomic E-state index is 14.0. The molecule has 0 radical (unpaired) electrons. The summed E-state index contributed by atoms with van der Waals surface area (Å²) in [6.07, 6.45) is 3.31. The molecule has 0 spiro atoms. The average molecular weight is 551 g/mol. The molecule has 1 fully saturated rings. The first-order valence-electron chi connectivity index (χ1n) is 14.0. The van der Waals surface area contributed by atoms with E-state index in [1.807, 2.05) is 30.3 Å².